The van der Waals surface area contributed by atoms with Crippen molar-refractivity contribution < 1.29 is 58.4 Å². The van der Waals surface area contributed by atoms with Gasteiger partial charge in [0.25, 0.3) is 0 Å². The van der Waals surface area contributed by atoms with Gasteiger partial charge in [0.2, 0.25) is 0 Å². The van der Waals surface area contributed by atoms with Crippen LogP contribution in [-0.4, -0.2) is 74.0 Å². The predicted molar refractivity (Wildman–Crippen MR) is 182 cm³/mol. The van der Waals surface area contributed by atoms with E-state index in [0.29, 0.717) is 24.0 Å². The highest BCUT2D eigenvalue weighted by Crippen LogP contribution is 2.33. The van der Waals surface area contributed by atoms with Gasteiger partial charge in [0.15, 0.2) is 46.0 Å². The molecule has 0 saturated heterocycles. The molecule has 266 valence electrons. The van der Waals surface area contributed by atoms with Crippen LogP contribution in [0.2, 0.25) is 0 Å². The highest BCUT2D eigenvalue weighted by atomic mass is 16.5. The summed E-state index contributed by atoms with van der Waals surface area (Å²) in [7, 11) is 5.72. The zero-order valence-electron chi connectivity index (χ0n) is 28.4. The Kier molecular flexibility index (Phi) is 13.0. The smallest absolute Gasteiger partial charge is 0.310 e. The van der Waals surface area contributed by atoms with Gasteiger partial charge in [-0.25, -0.2) is 0 Å². The van der Waals surface area contributed by atoms with E-state index in [9.17, 15) is 30.0 Å². The minimum atomic E-state index is -0.519. The summed E-state index contributed by atoms with van der Waals surface area (Å²) in [5, 5.41) is 40.3. The minimum absolute atomic E-state index is 0.0314. The number of benzene rings is 4. The van der Waals surface area contributed by atoms with Crippen LogP contribution in [0.3, 0.4) is 0 Å². The van der Waals surface area contributed by atoms with Gasteiger partial charge in [0.05, 0.1) is 54.5 Å². The Hall–Kier alpha value is -5.78. The molecule has 0 amide bonds. The Bertz CT molecular complexity index is 1640. The summed E-state index contributed by atoms with van der Waals surface area (Å²) in [6.07, 6.45) is 0.537. The maximum Gasteiger partial charge on any atom is 0.310 e. The minimum Gasteiger partial charge on any atom is -0.504 e. The lowest BCUT2D eigenvalue weighted by atomic mass is 9.83. The summed E-state index contributed by atoms with van der Waals surface area (Å²) in [6.45, 7) is -0.103. The fourth-order valence-corrected chi connectivity index (χ4v) is 5.53. The van der Waals surface area contributed by atoms with Crippen LogP contribution in [0.5, 0.6) is 46.0 Å². The van der Waals surface area contributed by atoms with Crippen LogP contribution in [0.1, 0.15) is 22.3 Å². The number of aromatic hydroxyl groups is 4. The second-order valence-electron chi connectivity index (χ2n) is 11.7. The Balaban J connectivity index is 1.61. The highest BCUT2D eigenvalue weighted by molar-refractivity contribution is 5.73. The molecule has 4 rings (SSSR count). The first-order valence-corrected chi connectivity index (χ1v) is 15.8. The molecule has 12 heteroatoms. The van der Waals surface area contributed by atoms with Crippen molar-refractivity contribution >= 4 is 11.9 Å². The van der Waals surface area contributed by atoms with E-state index in [1.807, 2.05) is 0 Å². The summed E-state index contributed by atoms with van der Waals surface area (Å²) in [6, 6.07) is 19.1. The van der Waals surface area contributed by atoms with Gasteiger partial charge in [-0.3, -0.25) is 9.59 Å². The fourth-order valence-electron chi connectivity index (χ4n) is 5.53. The number of methoxy groups -OCH3 is 4. The molecular formula is C38H42O12. The van der Waals surface area contributed by atoms with Gasteiger partial charge in [-0.15, -0.1) is 0 Å². The van der Waals surface area contributed by atoms with Crippen LogP contribution in [0.4, 0.5) is 0 Å². The zero-order chi connectivity index (χ0) is 36.2. The van der Waals surface area contributed by atoms with Crippen LogP contribution in [-0.2, 0) is 44.7 Å². The van der Waals surface area contributed by atoms with Crippen molar-refractivity contribution in [3.05, 3.63) is 95.1 Å². The van der Waals surface area contributed by atoms with Crippen molar-refractivity contribution in [1.82, 2.24) is 0 Å². The molecule has 4 N–H and O–H groups in total. The molecule has 12 nitrogen and oxygen atoms in total. The first kappa shape index (κ1) is 37.0. The van der Waals surface area contributed by atoms with Gasteiger partial charge in [-0.05, 0) is 83.6 Å². The number of carbonyl (C=O) groups is 2. The van der Waals surface area contributed by atoms with Crippen LogP contribution in [0.15, 0.2) is 72.8 Å². The number of ether oxygens (including phenoxy) is 6. The van der Waals surface area contributed by atoms with E-state index < -0.39 is 23.8 Å². The van der Waals surface area contributed by atoms with Crippen LogP contribution < -0.4 is 18.9 Å². The normalized spacial score (nSPS) is 12.0. The van der Waals surface area contributed by atoms with E-state index in [2.05, 4.69) is 0 Å². The topological polar surface area (TPSA) is 170 Å². The molecule has 0 aliphatic carbocycles. The zero-order valence-corrected chi connectivity index (χ0v) is 28.4. The van der Waals surface area contributed by atoms with Crippen molar-refractivity contribution in [2.45, 2.75) is 25.7 Å². The maximum absolute atomic E-state index is 13.1. The lowest BCUT2D eigenvalue weighted by Crippen LogP contribution is -2.30. The molecule has 4 aromatic carbocycles. The number of rotatable bonds is 17. The molecule has 0 unspecified atom stereocenters. The Morgan fingerprint density at radius 1 is 0.480 bits per heavy atom. The Labute approximate surface area is 290 Å². The summed E-state index contributed by atoms with van der Waals surface area (Å²) >= 11 is 0. The predicted octanol–water partition coefficient (Wildman–Crippen LogP) is 5.13. The van der Waals surface area contributed by atoms with Crippen LogP contribution in [0, 0.1) is 11.8 Å². The Morgan fingerprint density at radius 2 is 0.760 bits per heavy atom. The molecule has 2 atom stereocenters. The number of esters is 2. The summed E-state index contributed by atoms with van der Waals surface area (Å²) in [5.41, 5.74) is 2.72. The number of hydrogen-bond donors (Lipinski definition) is 4. The monoisotopic (exact) mass is 690 g/mol. The van der Waals surface area contributed by atoms with E-state index in [1.165, 1.54) is 52.7 Å². The van der Waals surface area contributed by atoms with Gasteiger partial charge >= 0.3 is 11.9 Å². The lowest BCUT2D eigenvalue weighted by molar-refractivity contribution is -0.148. The quantitative estimate of drug-likeness (QED) is 0.108. The molecule has 50 heavy (non-hydrogen) atoms. The van der Waals surface area contributed by atoms with Gasteiger partial charge < -0.3 is 48.8 Å². The molecule has 0 fully saturated rings. The largest absolute Gasteiger partial charge is 0.504 e. The van der Waals surface area contributed by atoms with Crippen molar-refractivity contribution in [3.63, 3.8) is 0 Å². The van der Waals surface area contributed by atoms with Crippen molar-refractivity contribution in [3.8, 4) is 46.0 Å². The Morgan fingerprint density at radius 3 is 1.06 bits per heavy atom. The molecule has 0 bridgehead atoms. The van der Waals surface area contributed by atoms with E-state index in [4.69, 9.17) is 28.4 Å². The molecule has 4 aromatic rings. The molecule has 0 aliphatic heterocycles. The van der Waals surface area contributed by atoms with Gasteiger partial charge in [0.1, 0.15) is 0 Å². The second-order valence-corrected chi connectivity index (χ2v) is 11.7. The summed E-state index contributed by atoms with van der Waals surface area (Å²) in [4.78, 5) is 26.2. The van der Waals surface area contributed by atoms with E-state index in [-0.39, 0.29) is 72.1 Å². The van der Waals surface area contributed by atoms with Crippen molar-refractivity contribution in [1.29, 1.82) is 0 Å². The van der Waals surface area contributed by atoms with Crippen molar-refractivity contribution in [2.24, 2.45) is 11.8 Å². The molecule has 0 radical (unpaired) electrons. The van der Waals surface area contributed by atoms with E-state index in [0.717, 1.165) is 11.1 Å². The first-order chi connectivity index (χ1) is 24.0. The third-order valence-electron chi connectivity index (χ3n) is 8.25. The molecule has 0 heterocycles. The molecule has 0 aliphatic rings. The number of phenolic OH excluding ortho intramolecular Hbond substituents is 4. The SMILES string of the molecule is COc1cc(CC(=O)OC[C@H](Cc2ccc(O)c(OC)c2)[C@H](COC(=O)Cc2ccc(O)c(OC)c2)Cc2ccc(O)c(OC)c2)ccc1O. The van der Waals surface area contributed by atoms with Crippen molar-refractivity contribution in [2.75, 3.05) is 41.7 Å². The summed E-state index contributed by atoms with van der Waals surface area (Å²) in [5.74, 6) is -1.03. The molecule has 0 aromatic heterocycles. The molecule has 0 spiro atoms. The molecular weight excluding hydrogens is 648 g/mol. The fraction of sp³-hybridized carbons (Fsp3) is 0.316. The van der Waals surface area contributed by atoms with Gasteiger partial charge in [-0.1, -0.05) is 24.3 Å². The second kappa shape index (κ2) is 17.6. The van der Waals surface area contributed by atoms with E-state index in [1.54, 1.807) is 48.5 Å². The van der Waals surface area contributed by atoms with E-state index >= 15 is 0 Å². The third kappa shape index (κ3) is 10.1. The van der Waals surface area contributed by atoms with Gasteiger partial charge in [-0.2, -0.15) is 0 Å². The van der Waals surface area contributed by atoms with Crippen LogP contribution >= 0.6 is 0 Å². The number of carbonyl (C=O) groups excluding carboxylic acids is 2. The average molecular weight is 691 g/mol. The standard InChI is InChI=1S/C38H42O12/c1-45-33-15-23(5-9-29(33)39)13-27(21-49-37(43)19-25-7-11-31(41)35(17-25)47-3)28(14-24-6-10-30(40)34(16-24)46-2)22-50-38(44)20-26-8-12-32(42)36(18-26)48-4/h5-12,15-18,27-28,39-42H,13-14,19-22H2,1-4H3/t27-,28-/m0/s1. The van der Waals surface area contributed by atoms with Crippen LogP contribution in [0.25, 0.3) is 0 Å². The molecule has 0 saturated carbocycles. The maximum atomic E-state index is 13.1. The first-order valence-electron chi connectivity index (χ1n) is 15.8. The highest BCUT2D eigenvalue weighted by Gasteiger charge is 2.27. The number of hydrogen-bond acceptors (Lipinski definition) is 12. The average Bonchev–Trinajstić information content (AvgIpc) is 3.11. The lowest BCUT2D eigenvalue weighted by Gasteiger charge is -2.27. The summed E-state index contributed by atoms with van der Waals surface area (Å²) < 4.78 is 32.6. The third-order valence-corrected chi connectivity index (χ3v) is 8.25. The van der Waals surface area contributed by atoms with Gasteiger partial charge in [0, 0.05) is 11.8 Å². The number of phenols is 4.